The monoisotopic (exact) mass is 260 g/mol. The summed E-state index contributed by atoms with van der Waals surface area (Å²) in [6.07, 6.45) is 0. The molecule has 2 N–H and O–H groups in total. The molecular weight excluding hydrogens is 240 g/mol. The Kier molecular flexibility index (Phi) is 3.62. The molecule has 4 heteroatoms. The van der Waals surface area contributed by atoms with Crippen molar-refractivity contribution in [2.45, 2.75) is 33.3 Å². The van der Waals surface area contributed by atoms with Crippen LogP contribution in [0.2, 0.25) is 0 Å². The van der Waals surface area contributed by atoms with E-state index in [1.54, 1.807) is 13.8 Å². The predicted octanol–water partition coefficient (Wildman–Crippen LogP) is 3.01. The molecule has 1 aromatic heterocycles. The minimum atomic E-state index is -0.964. The number of aliphatic hydroxyl groups is 1. The topological polar surface area (TPSA) is 58.1 Å². The first-order valence-electron chi connectivity index (χ1n) is 6.44. The van der Waals surface area contributed by atoms with Crippen molar-refractivity contribution in [3.05, 3.63) is 35.8 Å². The number of H-pyrrole nitrogens is 1. The van der Waals surface area contributed by atoms with Crippen LogP contribution < -0.4 is 4.74 Å². The van der Waals surface area contributed by atoms with Crippen molar-refractivity contribution in [1.82, 2.24) is 9.97 Å². The van der Waals surface area contributed by atoms with E-state index in [4.69, 9.17) is 4.74 Å². The highest BCUT2D eigenvalue weighted by molar-refractivity contribution is 5.62. The van der Waals surface area contributed by atoms with E-state index in [-0.39, 0.29) is 0 Å². The van der Waals surface area contributed by atoms with Crippen molar-refractivity contribution in [3.63, 3.8) is 0 Å². The number of imidazole rings is 1. The molecule has 2 aromatic rings. The van der Waals surface area contributed by atoms with Gasteiger partial charge in [-0.15, -0.1) is 0 Å². The van der Waals surface area contributed by atoms with Gasteiger partial charge in [0.1, 0.15) is 17.2 Å². The molecular formula is C15H20N2O2. The Hall–Kier alpha value is -1.81. The van der Waals surface area contributed by atoms with E-state index in [1.807, 2.05) is 38.1 Å². The zero-order valence-electron chi connectivity index (χ0n) is 11.8. The van der Waals surface area contributed by atoms with E-state index in [1.165, 1.54) is 0 Å². The minimum Gasteiger partial charge on any atom is -0.494 e. The van der Waals surface area contributed by atoms with Crippen LogP contribution in [0, 0.1) is 6.92 Å². The van der Waals surface area contributed by atoms with Gasteiger partial charge in [0.15, 0.2) is 0 Å². The highest BCUT2D eigenvalue weighted by Gasteiger charge is 2.22. The van der Waals surface area contributed by atoms with Crippen LogP contribution in [0.1, 0.15) is 32.3 Å². The van der Waals surface area contributed by atoms with E-state index < -0.39 is 5.60 Å². The maximum Gasteiger partial charge on any atom is 0.138 e. The summed E-state index contributed by atoms with van der Waals surface area (Å²) < 4.78 is 5.42. The van der Waals surface area contributed by atoms with Crippen LogP contribution in [0.25, 0.3) is 11.3 Å². The summed E-state index contributed by atoms with van der Waals surface area (Å²) in [7, 11) is 0. The second kappa shape index (κ2) is 5.05. The quantitative estimate of drug-likeness (QED) is 0.888. The largest absolute Gasteiger partial charge is 0.494 e. The average Bonchev–Trinajstić information content (AvgIpc) is 2.73. The molecule has 0 aliphatic carbocycles. The van der Waals surface area contributed by atoms with E-state index in [2.05, 4.69) is 9.97 Å². The van der Waals surface area contributed by atoms with Gasteiger partial charge in [-0.2, -0.15) is 0 Å². The molecule has 0 aliphatic rings. The number of aryl methyl sites for hydroxylation is 1. The first-order chi connectivity index (χ1) is 8.91. The molecule has 0 saturated carbocycles. The lowest BCUT2D eigenvalue weighted by Gasteiger charge is -2.12. The molecule has 0 saturated heterocycles. The normalized spacial score (nSPS) is 11.6. The third-order valence-electron chi connectivity index (χ3n) is 2.90. The van der Waals surface area contributed by atoms with Gasteiger partial charge < -0.3 is 14.8 Å². The second-order valence-electron chi connectivity index (χ2n) is 5.08. The lowest BCUT2D eigenvalue weighted by atomic mass is 10.1. The highest BCUT2D eigenvalue weighted by atomic mass is 16.5. The molecule has 0 unspecified atom stereocenters. The van der Waals surface area contributed by atoms with Gasteiger partial charge in [-0.3, -0.25) is 0 Å². The number of hydrogen-bond acceptors (Lipinski definition) is 3. The molecule has 19 heavy (non-hydrogen) atoms. The fourth-order valence-electron chi connectivity index (χ4n) is 1.91. The van der Waals surface area contributed by atoms with Crippen LogP contribution in [0.3, 0.4) is 0 Å². The lowest BCUT2D eigenvalue weighted by Crippen LogP contribution is -2.17. The van der Waals surface area contributed by atoms with E-state index in [0.717, 1.165) is 22.7 Å². The zero-order valence-corrected chi connectivity index (χ0v) is 11.8. The highest BCUT2D eigenvalue weighted by Crippen LogP contribution is 2.26. The Labute approximate surface area is 113 Å². The van der Waals surface area contributed by atoms with Gasteiger partial charge in [0, 0.05) is 11.3 Å². The molecule has 1 aromatic carbocycles. The maximum atomic E-state index is 9.97. The van der Waals surface area contributed by atoms with Gasteiger partial charge in [0.2, 0.25) is 0 Å². The molecule has 0 amide bonds. The van der Waals surface area contributed by atoms with Crippen molar-refractivity contribution in [3.8, 4) is 17.0 Å². The molecule has 2 rings (SSSR count). The van der Waals surface area contributed by atoms with Gasteiger partial charge >= 0.3 is 0 Å². The SMILES string of the molecule is CCOc1ccc(-c2nc(C(C)(C)O)[nH]c2C)cc1. The summed E-state index contributed by atoms with van der Waals surface area (Å²) in [5, 5.41) is 9.97. The number of aromatic amines is 1. The van der Waals surface area contributed by atoms with Crippen LogP contribution in [0.5, 0.6) is 5.75 Å². The molecule has 0 atom stereocenters. The summed E-state index contributed by atoms with van der Waals surface area (Å²) >= 11 is 0. The van der Waals surface area contributed by atoms with Gasteiger partial charge in [-0.1, -0.05) is 0 Å². The molecule has 4 nitrogen and oxygen atoms in total. The van der Waals surface area contributed by atoms with Crippen LogP contribution in [-0.4, -0.2) is 21.7 Å². The van der Waals surface area contributed by atoms with Crippen molar-refractivity contribution in [2.24, 2.45) is 0 Å². The number of aromatic nitrogens is 2. The number of nitrogens with one attached hydrogen (secondary N) is 1. The van der Waals surface area contributed by atoms with Gasteiger partial charge in [0.05, 0.1) is 12.3 Å². The van der Waals surface area contributed by atoms with Gasteiger partial charge in [-0.05, 0) is 52.0 Å². The lowest BCUT2D eigenvalue weighted by molar-refractivity contribution is 0.0696. The van der Waals surface area contributed by atoms with Gasteiger partial charge in [0.25, 0.3) is 0 Å². The first kappa shape index (κ1) is 13.6. The molecule has 0 bridgehead atoms. The van der Waals surface area contributed by atoms with Crippen LogP contribution >= 0.6 is 0 Å². The Balaban J connectivity index is 2.34. The number of ether oxygens (including phenoxy) is 1. The maximum absolute atomic E-state index is 9.97. The van der Waals surface area contributed by atoms with E-state index >= 15 is 0 Å². The summed E-state index contributed by atoms with van der Waals surface area (Å²) in [4.78, 5) is 7.61. The Morgan fingerprint density at radius 1 is 1.26 bits per heavy atom. The number of nitrogens with zero attached hydrogens (tertiary/aromatic N) is 1. The summed E-state index contributed by atoms with van der Waals surface area (Å²) in [5.74, 6) is 1.43. The first-order valence-corrected chi connectivity index (χ1v) is 6.44. The average molecular weight is 260 g/mol. The molecule has 0 spiro atoms. The molecule has 1 heterocycles. The molecule has 102 valence electrons. The standard InChI is InChI=1S/C15H20N2O2/c1-5-19-12-8-6-11(7-9-12)13-10(2)16-14(17-13)15(3,4)18/h6-9,18H,5H2,1-4H3,(H,16,17). The third-order valence-corrected chi connectivity index (χ3v) is 2.90. The molecule has 0 radical (unpaired) electrons. The minimum absolute atomic E-state index is 0.578. The Morgan fingerprint density at radius 3 is 2.37 bits per heavy atom. The summed E-state index contributed by atoms with van der Waals surface area (Å²) in [6.45, 7) is 8.00. The fourth-order valence-corrected chi connectivity index (χ4v) is 1.91. The van der Waals surface area contributed by atoms with Crippen molar-refractivity contribution in [2.75, 3.05) is 6.61 Å². The van der Waals surface area contributed by atoms with Gasteiger partial charge in [-0.25, -0.2) is 4.98 Å². The predicted molar refractivity (Wildman–Crippen MR) is 75.2 cm³/mol. The van der Waals surface area contributed by atoms with Crippen LogP contribution in [-0.2, 0) is 5.60 Å². The zero-order chi connectivity index (χ0) is 14.0. The fraction of sp³-hybridized carbons (Fsp3) is 0.400. The molecule has 0 fully saturated rings. The van der Waals surface area contributed by atoms with E-state index in [0.29, 0.717) is 12.4 Å². The number of rotatable bonds is 4. The summed E-state index contributed by atoms with van der Waals surface area (Å²) in [6, 6.07) is 7.80. The molecule has 0 aliphatic heterocycles. The van der Waals surface area contributed by atoms with E-state index in [9.17, 15) is 5.11 Å². The van der Waals surface area contributed by atoms with Crippen molar-refractivity contribution in [1.29, 1.82) is 0 Å². The van der Waals surface area contributed by atoms with Crippen LogP contribution in [0.15, 0.2) is 24.3 Å². The Bertz CT molecular complexity index is 551. The van der Waals surface area contributed by atoms with Crippen molar-refractivity contribution < 1.29 is 9.84 Å². The summed E-state index contributed by atoms with van der Waals surface area (Å²) in [5.41, 5.74) is 1.85. The Morgan fingerprint density at radius 2 is 1.89 bits per heavy atom. The van der Waals surface area contributed by atoms with Crippen LogP contribution in [0.4, 0.5) is 0 Å². The number of benzene rings is 1. The van der Waals surface area contributed by atoms with Crippen molar-refractivity contribution >= 4 is 0 Å². The smallest absolute Gasteiger partial charge is 0.138 e. The second-order valence-corrected chi connectivity index (χ2v) is 5.08. The third kappa shape index (κ3) is 2.96. The number of hydrogen-bond donors (Lipinski definition) is 2.